The normalized spacial score (nSPS) is 10.4. The van der Waals surface area contributed by atoms with Gasteiger partial charge in [0.05, 0.1) is 12.5 Å². The summed E-state index contributed by atoms with van der Waals surface area (Å²) in [6.07, 6.45) is 1.92. The maximum Gasteiger partial charge on any atom is 0.130 e. The highest BCUT2D eigenvalue weighted by atomic mass is 35.5. The molecule has 0 heterocycles. The number of rotatable bonds is 4. The predicted molar refractivity (Wildman–Crippen MR) is 54.6 cm³/mol. The van der Waals surface area contributed by atoms with E-state index in [0.29, 0.717) is 16.5 Å². The first-order valence-corrected chi connectivity index (χ1v) is 5.52. The van der Waals surface area contributed by atoms with E-state index in [4.69, 9.17) is 16.3 Å². The molecular weight excluding hydrogens is 211 g/mol. The van der Waals surface area contributed by atoms with Crippen LogP contribution < -0.4 is 0 Å². The maximum atomic E-state index is 13.1. The van der Waals surface area contributed by atoms with Crippen LogP contribution in [0.5, 0.6) is 0 Å². The zero-order valence-corrected chi connectivity index (χ0v) is 8.79. The highest BCUT2D eigenvalue weighted by molar-refractivity contribution is 7.98. The molecular formula is C9H10ClFOS. The summed E-state index contributed by atoms with van der Waals surface area (Å²) in [7, 11) is 0. The molecule has 0 aromatic heterocycles. The third-order valence-corrected chi connectivity index (χ3v) is 2.27. The van der Waals surface area contributed by atoms with Crippen LogP contribution in [0.4, 0.5) is 4.39 Å². The van der Waals surface area contributed by atoms with Crippen molar-refractivity contribution in [1.29, 1.82) is 0 Å². The summed E-state index contributed by atoms with van der Waals surface area (Å²) < 4.78 is 18.3. The van der Waals surface area contributed by atoms with Gasteiger partial charge in [0.25, 0.3) is 0 Å². The third kappa shape index (κ3) is 3.18. The summed E-state index contributed by atoms with van der Waals surface area (Å²) >= 11 is 7.33. The average Bonchev–Trinajstić information content (AvgIpc) is 2.10. The summed E-state index contributed by atoms with van der Waals surface area (Å²) in [5, 5.41) is 0.418. The van der Waals surface area contributed by atoms with E-state index < -0.39 is 0 Å². The molecule has 0 bridgehead atoms. The van der Waals surface area contributed by atoms with Crippen molar-refractivity contribution in [3.8, 4) is 0 Å². The van der Waals surface area contributed by atoms with Crippen LogP contribution in [-0.4, -0.2) is 12.2 Å². The summed E-state index contributed by atoms with van der Waals surface area (Å²) in [6.45, 7) is 0.229. The quantitative estimate of drug-likeness (QED) is 0.569. The van der Waals surface area contributed by atoms with Crippen LogP contribution in [0.2, 0.25) is 5.02 Å². The topological polar surface area (TPSA) is 9.23 Å². The van der Waals surface area contributed by atoms with E-state index in [0.717, 1.165) is 0 Å². The third-order valence-electron chi connectivity index (χ3n) is 1.51. The largest absolute Gasteiger partial charge is 0.366 e. The second-order valence-corrected chi connectivity index (χ2v) is 3.68. The van der Waals surface area contributed by atoms with Crippen LogP contribution in [0.1, 0.15) is 5.56 Å². The molecule has 0 saturated heterocycles. The highest BCUT2D eigenvalue weighted by Gasteiger charge is 2.05. The average molecular weight is 221 g/mol. The van der Waals surface area contributed by atoms with Crippen molar-refractivity contribution in [3.63, 3.8) is 0 Å². The summed E-state index contributed by atoms with van der Waals surface area (Å²) in [5.74, 6) is 0.235. The van der Waals surface area contributed by atoms with Gasteiger partial charge in [0.1, 0.15) is 5.82 Å². The van der Waals surface area contributed by atoms with E-state index in [9.17, 15) is 4.39 Å². The Morgan fingerprint density at radius 2 is 2.31 bits per heavy atom. The van der Waals surface area contributed by atoms with Gasteiger partial charge in [-0.15, -0.1) is 11.8 Å². The van der Waals surface area contributed by atoms with Crippen LogP contribution in [0.25, 0.3) is 0 Å². The molecule has 0 unspecified atom stereocenters. The van der Waals surface area contributed by atoms with Crippen LogP contribution in [0.3, 0.4) is 0 Å². The Balaban J connectivity index is 2.64. The van der Waals surface area contributed by atoms with Crippen molar-refractivity contribution >= 4 is 23.4 Å². The number of halogens is 2. The zero-order chi connectivity index (χ0) is 9.68. The Hall–Kier alpha value is -0.250. The number of benzene rings is 1. The van der Waals surface area contributed by atoms with Crippen LogP contribution in [-0.2, 0) is 11.3 Å². The van der Waals surface area contributed by atoms with Crippen LogP contribution in [0, 0.1) is 5.82 Å². The van der Waals surface area contributed by atoms with Gasteiger partial charge in [-0.1, -0.05) is 17.7 Å². The predicted octanol–water partition coefficient (Wildman–Crippen LogP) is 3.32. The Morgan fingerprint density at radius 3 is 2.92 bits per heavy atom. The lowest BCUT2D eigenvalue weighted by Crippen LogP contribution is -1.96. The molecule has 0 aliphatic heterocycles. The molecule has 4 heteroatoms. The molecule has 0 atom stereocenters. The van der Waals surface area contributed by atoms with E-state index in [1.54, 1.807) is 23.9 Å². The molecule has 0 saturated carbocycles. The van der Waals surface area contributed by atoms with Crippen molar-refractivity contribution in [2.24, 2.45) is 0 Å². The minimum Gasteiger partial charge on any atom is -0.366 e. The van der Waals surface area contributed by atoms with Gasteiger partial charge in [-0.05, 0) is 18.4 Å². The van der Waals surface area contributed by atoms with Crippen LogP contribution >= 0.6 is 23.4 Å². The fourth-order valence-electron chi connectivity index (χ4n) is 0.897. The molecule has 0 N–H and O–H groups in total. The molecule has 1 rings (SSSR count). The summed E-state index contributed by atoms with van der Waals surface area (Å²) in [6, 6.07) is 4.61. The number of thioether (sulfide) groups is 1. The standard InChI is InChI=1S/C9H10ClFOS/c1-13-6-12-5-7-8(10)3-2-4-9(7)11/h2-4H,5-6H2,1H3. The molecule has 72 valence electrons. The van der Waals surface area contributed by atoms with Crippen molar-refractivity contribution in [2.75, 3.05) is 12.2 Å². The Labute approximate surface area is 86.2 Å². The van der Waals surface area contributed by atoms with Crippen molar-refractivity contribution in [1.82, 2.24) is 0 Å². The van der Waals surface area contributed by atoms with Gasteiger partial charge >= 0.3 is 0 Å². The zero-order valence-electron chi connectivity index (χ0n) is 7.22. The SMILES string of the molecule is CSCOCc1c(F)cccc1Cl. The van der Waals surface area contributed by atoms with E-state index in [1.165, 1.54) is 6.07 Å². The van der Waals surface area contributed by atoms with Gasteiger partial charge in [0, 0.05) is 10.6 Å². The van der Waals surface area contributed by atoms with Gasteiger partial charge in [0.15, 0.2) is 0 Å². The molecule has 0 aliphatic carbocycles. The first-order valence-electron chi connectivity index (χ1n) is 3.75. The minimum absolute atomic E-state index is 0.229. The van der Waals surface area contributed by atoms with E-state index >= 15 is 0 Å². The van der Waals surface area contributed by atoms with Gasteiger partial charge in [0.2, 0.25) is 0 Å². The smallest absolute Gasteiger partial charge is 0.130 e. The van der Waals surface area contributed by atoms with E-state index in [2.05, 4.69) is 0 Å². The van der Waals surface area contributed by atoms with E-state index in [1.807, 2.05) is 6.26 Å². The van der Waals surface area contributed by atoms with Gasteiger partial charge in [-0.3, -0.25) is 0 Å². The van der Waals surface area contributed by atoms with Crippen molar-refractivity contribution in [2.45, 2.75) is 6.61 Å². The lowest BCUT2D eigenvalue weighted by molar-refractivity contribution is 0.166. The van der Waals surface area contributed by atoms with Crippen molar-refractivity contribution < 1.29 is 9.13 Å². The lowest BCUT2D eigenvalue weighted by Gasteiger charge is -2.05. The summed E-state index contributed by atoms with van der Waals surface area (Å²) in [5.41, 5.74) is 0.429. The molecule has 0 fully saturated rings. The Kier molecular flexibility index (Phi) is 4.56. The number of ether oxygens (including phenoxy) is 1. The Bertz CT molecular complexity index is 260. The summed E-state index contributed by atoms with van der Waals surface area (Å²) in [4.78, 5) is 0. The van der Waals surface area contributed by atoms with Crippen molar-refractivity contribution in [3.05, 3.63) is 34.6 Å². The fourth-order valence-corrected chi connectivity index (χ4v) is 1.36. The second-order valence-electron chi connectivity index (χ2n) is 2.46. The van der Waals surface area contributed by atoms with Gasteiger partial charge < -0.3 is 4.74 Å². The lowest BCUT2D eigenvalue weighted by atomic mass is 10.2. The first kappa shape index (κ1) is 10.8. The molecule has 1 aromatic carbocycles. The molecule has 1 nitrogen and oxygen atoms in total. The first-order chi connectivity index (χ1) is 6.25. The van der Waals surface area contributed by atoms with Gasteiger partial charge in [-0.2, -0.15) is 0 Å². The monoisotopic (exact) mass is 220 g/mol. The second kappa shape index (κ2) is 5.47. The number of hydrogen-bond donors (Lipinski definition) is 0. The molecule has 1 aromatic rings. The minimum atomic E-state index is -0.311. The molecule has 0 amide bonds. The Morgan fingerprint density at radius 1 is 1.54 bits per heavy atom. The van der Waals surface area contributed by atoms with Gasteiger partial charge in [-0.25, -0.2) is 4.39 Å². The molecule has 0 aliphatic rings. The maximum absolute atomic E-state index is 13.1. The highest BCUT2D eigenvalue weighted by Crippen LogP contribution is 2.19. The fraction of sp³-hybridized carbons (Fsp3) is 0.333. The molecule has 0 spiro atoms. The van der Waals surface area contributed by atoms with Crippen LogP contribution in [0.15, 0.2) is 18.2 Å². The van der Waals surface area contributed by atoms with E-state index in [-0.39, 0.29) is 12.4 Å². The molecule has 0 radical (unpaired) electrons. The molecule has 13 heavy (non-hydrogen) atoms. The number of hydrogen-bond acceptors (Lipinski definition) is 2.